The van der Waals surface area contributed by atoms with E-state index >= 15 is 0 Å². The summed E-state index contributed by atoms with van der Waals surface area (Å²) >= 11 is 0. The van der Waals surface area contributed by atoms with Gasteiger partial charge in [0.05, 0.1) is 6.61 Å². The molecule has 10 nitrogen and oxygen atoms in total. The van der Waals surface area contributed by atoms with Gasteiger partial charge in [-0.05, 0) is 6.92 Å². The SMILES string of the molecule is CC(=O)O[C@H]1C[C@H](N2CN=C3C2=NC=NC3(N)C(C)=O)O[C@@H]1CO. The second-order valence-corrected chi connectivity index (χ2v) is 5.83. The molecule has 0 radical (unpaired) electrons. The maximum atomic E-state index is 11.8. The summed E-state index contributed by atoms with van der Waals surface area (Å²) in [6.45, 7) is 2.56. The van der Waals surface area contributed by atoms with E-state index < -0.39 is 30.1 Å². The van der Waals surface area contributed by atoms with E-state index in [2.05, 4.69) is 15.0 Å². The summed E-state index contributed by atoms with van der Waals surface area (Å²) in [6, 6.07) is 0. The fraction of sp³-hybridized carbons (Fsp3) is 0.643. The molecule has 0 aliphatic carbocycles. The Balaban J connectivity index is 1.79. The molecule has 3 aliphatic heterocycles. The predicted octanol–water partition coefficient (Wildman–Crippen LogP) is -1.58. The van der Waals surface area contributed by atoms with Crippen LogP contribution in [0.1, 0.15) is 20.3 Å². The first-order chi connectivity index (χ1) is 11.4. The summed E-state index contributed by atoms with van der Waals surface area (Å²) in [5.74, 6) is -0.376. The Hall–Kier alpha value is -2.17. The molecule has 130 valence electrons. The van der Waals surface area contributed by atoms with Gasteiger partial charge in [-0.25, -0.2) is 9.98 Å². The third-order valence-corrected chi connectivity index (χ3v) is 4.23. The number of hydrogen-bond donors (Lipinski definition) is 2. The lowest BCUT2D eigenvalue weighted by Crippen LogP contribution is -2.58. The van der Waals surface area contributed by atoms with E-state index in [1.165, 1.54) is 20.2 Å². The topological polar surface area (TPSA) is 139 Å². The van der Waals surface area contributed by atoms with Crippen molar-refractivity contribution in [2.45, 2.75) is 44.4 Å². The molecule has 1 fully saturated rings. The van der Waals surface area contributed by atoms with Crippen LogP contribution in [0, 0.1) is 0 Å². The molecule has 0 aromatic rings. The lowest BCUT2D eigenvalue weighted by molar-refractivity contribution is -0.150. The number of amidine groups is 1. The minimum absolute atomic E-state index is 0.194. The van der Waals surface area contributed by atoms with Crippen LogP contribution in [0.15, 0.2) is 15.0 Å². The summed E-state index contributed by atoms with van der Waals surface area (Å²) in [6.07, 6.45) is -0.113. The number of carbonyl (C=O) groups excluding carboxylic acids is 2. The van der Waals surface area contributed by atoms with Gasteiger partial charge < -0.3 is 19.5 Å². The Bertz CT molecular complexity index is 660. The first kappa shape index (κ1) is 16.7. The highest BCUT2D eigenvalue weighted by atomic mass is 16.6. The lowest BCUT2D eigenvalue weighted by atomic mass is 9.99. The van der Waals surface area contributed by atoms with Gasteiger partial charge in [-0.3, -0.25) is 20.3 Å². The van der Waals surface area contributed by atoms with Crippen LogP contribution in [0.5, 0.6) is 0 Å². The summed E-state index contributed by atoms with van der Waals surface area (Å²) in [5, 5.41) is 9.42. The third-order valence-electron chi connectivity index (χ3n) is 4.23. The van der Waals surface area contributed by atoms with Gasteiger partial charge in [0, 0.05) is 13.3 Å². The van der Waals surface area contributed by atoms with E-state index in [9.17, 15) is 14.7 Å². The molecule has 3 aliphatic rings. The number of aliphatic hydroxyl groups excluding tert-OH is 1. The number of hydrogen-bond acceptors (Lipinski definition) is 10. The monoisotopic (exact) mass is 337 g/mol. The van der Waals surface area contributed by atoms with Crippen molar-refractivity contribution in [3.8, 4) is 0 Å². The maximum Gasteiger partial charge on any atom is 0.302 e. The number of ether oxygens (including phenoxy) is 2. The van der Waals surface area contributed by atoms with Gasteiger partial charge in [0.1, 0.15) is 37.2 Å². The Labute approximate surface area is 138 Å². The van der Waals surface area contributed by atoms with E-state index in [1.807, 2.05) is 0 Å². The van der Waals surface area contributed by atoms with Crippen molar-refractivity contribution in [3.05, 3.63) is 0 Å². The molecule has 24 heavy (non-hydrogen) atoms. The van der Waals surface area contributed by atoms with Gasteiger partial charge in [0.15, 0.2) is 11.6 Å². The zero-order chi connectivity index (χ0) is 17.5. The molecular weight excluding hydrogens is 318 g/mol. The lowest BCUT2D eigenvalue weighted by Gasteiger charge is -2.30. The van der Waals surface area contributed by atoms with E-state index in [1.54, 1.807) is 4.90 Å². The standard InChI is InChI=1S/C14H19N5O5/c1-7(21)14(15)12-13(16-5-18-14)19(6-17-12)11-3-9(23-8(2)22)10(4-20)24-11/h5,9-11,20H,3-4,6,15H2,1-2H3/t9-,10+,11+,14?/m0/s1. The fourth-order valence-electron chi connectivity index (χ4n) is 2.96. The smallest absolute Gasteiger partial charge is 0.302 e. The summed E-state index contributed by atoms with van der Waals surface area (Å²) < 4.78 is 10.9. The fourth-order valence-corrected chi connectivity index (χ4v) is 2.96. The van der Waals surface area contributed by atoms with Crippen LogP contribution in [-0.4, -0.2) is 77.0 Å². The third kappa shape index (κ3) is 2.62. The molecule has 0 saturated carbocycles. The van der Waals surface area contributed by atoms with Crippen LogP contribution in [0.25, 0.3) is 0 Å². The minimum Gasteiger partial charge on any atom is -0.460 e. The molecule has 1 saturated heterocycles. The van der Waals surface area contributed by atoms with Crippen LogP contribution in [0.4, 0.5) is 0 Å². The molecule has 3 rings (SSSR count). The van der Waals surface area contributed by atoms with Crippen molar-refractivity contribution in [1.29, 1.82) is 0 Å². The van der Waals surface area contributed by atoms with Gasteiger partial charge in [-0.15, -0.1) is 0 Å². The van der Waals surface area contributed by atoms with Crippen molar-refractivity contribution in [3.63, 3.8) is 0 Å². The highest BCUT2D eigenvalue weighted by Crippen LogP contribution is 2.30. The van der Waals surface area contributed by atoms with Crippen molar-refractivity contribution in [2.24, 2.45) is 20.7 Å². The second kappa shape index (κ2) is 6.04. The number of Topliss-reactive ketones (excluding diaryl/α,β-unsaturated/α-hetero) is 1. The van der Waals surface area contributed by atoms with Gasteiger partial charge in [-0.1, -0.05) is 0 Å². The second-order valence-electron chi connectivity index (χ2n) is 5.83. The average molecular weight is 337 g/mol. The van der Waals surface area contributed by atoms with Crippen molar-refractivity contribution in [1.82, 2.24) is 4.90 Å². The molecule has 0 bridgehead atoms. The largest absolute Gasteiger partial charge is 0.460 e. The molecular formula is C14H19N5O5. The van der Waals surface area contributed by atoms with Crippen molar-refractivity contribution in [2.75, 3.05) is 13.3 Å². The average Bonchev–Trinajstić information content (AvgIpc) is 3.11. The van der Waals surface area contributed by atoms with Crippen LogP contribution in [-0.2, 0) is 19.1 Å². The number of nitrogens with two attached hydrogens (primary N) is 1. The van der Waals surface area contributed by atoms with Crippen LogP contribution >= 0.6 is 0 Å². The van der Waals surface area contributed by atoms with Crippen LogP contribution in [0.3, 0.4) is 0 Å². The van der Waals surface area contributed by atoms with E-state index in [4.69, 9.17) is 15.2 Å². The van der Waals surface area contributed by atoms with Gasteiger partial charge in [-0.2, -0.15) is 0 Å². The zero-order valence-corrected chi connectivity index (χ0v) is 13.4. The van der Waals surface area contributed by atoms with Gasteiger partial charge in [0.25, 0.3) is 0 Å². The molecule has 0 spiro atoms. The van der Waals surface area contributed by atoms with Gasteiger partial charge in [0.2, 0.25) is 5.66 Å². The predicted molar refractivity (Wildman–Crippen MR) is 83.6 cm³/mol. The van der Waals surface area contributed by atoms with Crippen LogP contribution < -0.4 is 5.73 Å². The Morgan fingerprint density at radius 2 is 2.29 bits per heavy atom. The number of fused-ring (bicyclic) bond motifs is 1. The highest BCUT2D eigenvalue weighted by molar-refractivity contribution is 6.51. The first-order valence-electron chi connectivity index (χ1n) is 7.53. The normalized spacial score (nSPS) is 34.7. The van der Waals surface area contributed by atoms with E-state index in [-0.39, 0.29) is 24.8 Å². The first-order valence-corrected chi connectivity index (χ1v) is 7.53. The number of aliphatic hydroxyl groups is 1. The van der Waals surface area contributed by atoms with Gasteiger partial charge >= 0.3 is 5.97 Å². The number of nitrogens with zero attached hydrogens (tertiary/aromatic N) is 4. The molecule has 3 N–H and O–H groups in total. The van der Waals surface area contributed by atoms with Crippen molar-refractivity contribution >= 4 is 29.6 Å². The van der Waals surface area contributed by atoms with E-state index in [0.29, 0.717) is 12.3 Å². The molecule has 1 unspecified atom stereocenters. The molecule has 0 amide bonds. The molecule has 0 aromatic heterocycles. The maximum absolute atomic E-state index is 11.8. The molecule has 3 heterocycles. The molecule has 0 aromatic carbocycles. The number of rotatable bonds is 4. The molecule has 4 atom stereocenters. The minimum atomic E-state index is -1.55. The van der Waals surface area contributed by atoms with Crippen molar-refractivity contribution < 1.29 is 24.2 Å². The Morgan fingerprint density at radius 1 is 1.54 bits per heavy atom. The molecule has 10 heteroatoms. The summed E-state index contributed by atoms with van der Waals surface area (Å²) in [7, 11) is 0. The number of ketones is 1. The van der Waals surface area contributed by atoms with Crippen LogP contribution in [0.2, 0.25) is 0 Å². The number of esters is 1. The number of carbonyl (C=O) groups is 2. The summed E-state index contributed by atoms with van der Waals surface area (Å²) in [5.41, 5.74) is 4.80. The van der Waals surface area contributed by atoms with E-state index in [0.717, 1.165) is 0 Å². The Kier molecular flexibility index (Phi) is 4.20. The quantitative estimate of drug-likeness (QED) is 0.590. The number of aliphatic imine (C=N–C) groups is 3. The highest BCUT2D eigenvalue weighted by Gasteiger charge is 2.49. The zero-order valence-electron chi connectivity index (χ0n) is 13.4. The Morgan fingerprint density at radius 3 is 2.92 bits per heavy atom. The summed E-state index contributed by atoms with van der Waals surface area (Å²) in [4.78, 5) is 37.2.